The second-order valence-corrected chi connectivity index (χ2v) is 18.2. The SMILES string of the molecule is CCCOCCOCCOCCOCCOCCOCCOCCOCCOCCOCCOCCn1cc(COCCN2CCN(c3cc(Nc4ncc(C(=O)Nc5c(C)cccc5Cl)s4)nc(C)n3)CC2)nn1. The second kappa shape index (κ2) is 39.3. The van der Waals surface area contributed by atoms with E-state index in [-0.39, 0.29) is 5.91 Å². The maximum atomic E-state index is 12.9. The molecule has 1 aliphatic rings. The minimum absolute atomic E-state index is 0.279. The molecule has 4 heterocycles. The van der Waals surface area contributed by atoms with Gasteiger partial charge < -0.3 is 72.4 Å². The average molecular weight is 1100 g/mol. The summed E-state index contributed by atoms with van der Waals surface area (Å²) in [4.78, 5) is 31.7. The molecular weight excluding hydrogens is 1020 g/mol. The van der Waals surface area contributed by atoms with Crippen LogP contribution in [-0.2, 0) is 70.0 Å². The number of aromatic nitrogens is 6. The molecule has 23 nitrogen and oxygen atoms in total. The molecular formula is C50H79ClN10O13S. The van der Waals surface area contributed by atoms with Gasteiger partial charge in [0, 0.05) is 45.4 Å². The summed E-state index contributed by atoms with van der Waals surface area (Å²) in [5.41, 5.74) is 2.24. The van der Waals surface area contributed by atoms with E-state index in [1.54, 1.807) is 10.7 Å². The van der Waals surface area contributed by atoms with Gasteiger partial charge in [-0.05, 0) is 31.9 Å². The zero-order valence-corrected chi connectivity index (χ0v) is 45.6. The second-order valence-electron chi connectivity index (χ2n) is 16.8. The number of nitrogens with zero attached hydrogens (tertiary/aromatic N) is 8. The molecule has 75 heavy (non-hydrogen) atoms. The van der Waals surface area contributed by atoms with Crippen LogP contribution in [0.2, 0.25) is 5.02 Å². The lowest BCUT2D eigenvalue weighted by atomic mass is 10.2. The molecule has 3 aromatic heterocycles. The maximum absolute atomic E-state index is 12.9. The van der Waals surface area contributed by atoms with Gasteiger partial charge in [-0.1, -0.05) is 47.2 Å². The first-order valence-corrected chi connectivity index (χ1v) is 27.0. The number of rotatable bonds is 45. The molecule has 0 spiro atoms. The number of halogens is 1. The highest BCUT2D eigenvalue weighted by molar-refractivity contribution is 7.17. The molecule has 1 amide bonds. The van der Waals surface area contributed by atoms with Crippen LogP contribution in [0.4, 0.5) is 22.5 Å². The third kappa shape index (κ3) is 27.2. The van der Waals surface area contributed by atoms with Crippen molar-refractivity contribution in [2.45, 2.75) is 40.3 Å². The molecule has 4 aromatic rings. The zero-order valence-electron chi connectivity index (χ0n) is 44.1. The summed E-state index contributed by atoms with van der Waals surface area (Å²) in [5, 5.41) is 15.6. The van der Waals surface area contributed by atoms with Gasteiger partial charge in [0.2, 0.25) is 0 Å². The van der Waals surface area contributed by atoms with Crippen LogP contribution in [0, 0.1) is 13.8 Å². The molecule has 5 rings (SSSR count). The van der Waals surface area contributed by atoms with Crippen LogP contribution in [0.15, 0.2) is 36.7 Å². The summed E-state index contributed by atoms with van der Waals surface area (Å²) in [6, 6.07) is 7.39. The van der Waals surface area contributed by atoms with E-state index >= 15 is 0 Å². The number of ether oxygens (including phenoxy) is 12. The third-order valence-electron chi connectivity index (χ3n) is 10.9. The lowest BCUT2D eigenvalue weighted by Gasteiger charge is -2.35. The summed E-state index contributed by atoms with van der Waals surface area (Å²) < 4.78 is 68.4. The van der Waals surface area contributed by atoms with Crippen molar-refractivity contribution in [2.75, 3.05) is 200 Å². The maximum Gasteiger partial charge on any atom is 0.267 e. The number of thiazole rings is 1. The van der Waals surface area contributed by atoms with Gasteiger partial charge in [0.15, 0.2) is 5.13 Å². The normalized spacial score (nSPS) is 13.0. The number of hydrogen-bond donors (Lipinski definition) is 2. The van der Waals surface area contributed by atoms with Crippen LogP contribution in [0.5, 0.6) is 0 Å². The van der Waals surface area contributed by atoms with Crippen LogP contribution in [0.1, 0.15) is 40.1 Å². The van der Waals surface area contributed by atoms with E-state index in [0.29, 0.717) is 191 Å². The molecule has 1 aromatic carbocycles. The Bertz CT molecular complexity index is 2090. The first-order chi connectivity index (χ1) is 36.9. The van der Waals surface area contributed by atoms with Crippen molar-refractivity contribution in [3.8, 4) is 0 Å². The number of aryl methyl sites for hydroxylation is 2. The fourth-order valence-electron chi connectivity index (χ4n) is 6.98. The van der Waals surface area contributed by atoms with Gasteiger partial charge in [-0.15, -0.1) is 5.10 Å². The van der Waals surface area contributed by atoms with Gasteiger partial charge in [-0.2, -0.15) is 0 Å². The van der Waals surface area contributed by atoms with Crippen LogP contribution in [0.3, 0.4) is 0 Å². The Morgan fingerprint density at radius 2 is 1.15 bits per heavy atom. The predicted molar refractivity (Wildman–Crippen MR) is 284 cm³/mol. The fraction of sp³-hybridized carbons (Fsp3) is 0.680. The smallest absolute Gasteiger partial charge is 0.267 e. The van der Waals surface area contributed by atoms with E-state index < -0.39 is 0 Å². The Hall–Kier alpha value is -4.09. The van der Waals surface area contributed by atoms with Crippen LogP contribution >= 0.6 is 22.9 Å². The molecule has 0 bridgehead atoms. The van der Waals surface area contributed by atoms with Gasteiger partial charge in [-0.3, -0.25) is 9.69 Å². The standard InChI is InChI=1S/C50H79ClN10O13S/c1-4-14-63-17-19-65-21-23-67-25-27-69-29-31-71-33-35-73-36-34-72-32-30-70-28-26-68-24-22-66-20-18-64-16-13-61-39-43(57-58-61)40-74-15-12-59-8-10-60(11-9-59)47-37-46(53-42(3)54-47)55-50-52-38-45(75-50)49(62)56-48-41(2)6-5-7-44(48)51/h5-7,37-39H,4,8-36,40H2,1-3H3,(H,56,62)(H,52,53,54,55). The van der Waals surface area contributed by atoms with Crippen molar-refractivity contribution in [3.05, 3.63) is 63.6 Å². The van der Waals surface area contributed by atoms with Gasteiger partial charge in [-0.25, -0.2) is 19.6 Å². The van der Waals surface area contributed by atoms with Crippen LogP contribution in [-0.4, -0.2) is 225 Å². The van der Waals surface area contributed by atoms with E-state index in [4.69, 9.17) is 73.4 Å². The molecule has 2 N–H and O–H groups in total. The van der Waals surface area contributed by atoms with Gasteiger partial charge in [0.25, 0.3) is 5.91 Å². The van der Waals surface area contributed by atoms with Crippen molar-refractivity contribution < 1.29 is 61.6 Å². The Morgan fingerprint density at radius 1 is 0.640 bits per heavy atom. The quantitative estimate of drug-likeness (QED) is 0.0571. The number of anilines is 4. The number of para-hydroxylation sites is 1. The number of carbonyl (C=O) groups is 1. The summed E-state index contributed by atoms with van der Waals surface area (Å²) >= 11 is 7.54. The fourth-order valence-corrected chi connectivity index (χ4v) is 7.97. The molecule has 25 heteroatoms. The predicted octanol–water partition coefficient (Wildman–Crippen LogP) is 4.72. The number of amides is 1. The lowest BCUT2D eigenvalue weighted by molar-refractivity contribution is -0.0275. The molecule has 1 aliphatic heterocycles. The van der Waals surface area contributed by atoms with Crippen LogP contribution < -0.4 is 15.5 Å². The van der Waals surface area contributed by atoms with E-state index in [9.17, 15) is 4.79 Å². The lowest BCUT2D eigenvalue weighted by Crippen LogP contribution is -2.47. The Balaban J connectivity index is 0.751. The van der Waals surface area contributed by atoms with E-state index in [0.717, 1.165) is 62.8 Å². The van der Waals surface area contributed by atoms with Crippen molar-refractivity contribution in [1.82, 2.24) is 34.8 Å². The van der Waals surface area contributed by atoms with E-state index in [1.165, 1.54) is 17.5 Å². The first-order valence-electron chi connectivity index (χ1n) is 25.8. The highest BCUT2D eigenvalue weighted by Crippen LogP contribution is 2.28. The zero-order chi connectivity index (χ0) is 52.8. The van der Waals surface area contributed by atoms with Crippen molar-refractivity contribution in [1.29, 1.82) is 0 Å². The number of hydrogen-bond acceptors (Lipinski definition) is 22. The molecule has 0 radical (unpaired) electrons. The molecule has 0 aliphatic carbocycles. The average Bonchev–Trinajstić information content (AvgIpc) is 4.08. The summed E-state index contributed by atoms with van der Waals surface area (Å²) in [6.07, 6.45) is 4.44. The Morgan fingerprint density at radius 3 is 1.67 bits per heavy atom. The van der Waals surface area contributed by atoms with Gasteiger partial charge in [0.1, 0.15) is 28.0 Å². The highest BCUT2D eigenvalue weighted by Gasteiger charge is 2.20. The molecule has 1 fully saturated rings. The van der Waals surface area contributed by atoms with E-state index in [2.05, 4.69) is 47.6 Å². The molecule has 1 saturated heterocycles. The number of carbonyl (C=O) groups excluding carboxylic acids is 1. The van der Waals surface area contributed by atoms with E-state index in [1.807, 2.05) is 38.2 Å². The minimum atomic E-state index is -0.279. The van der Waals surface area contributed by atoms with Crippen molar-refractivity contribution >= 4 is 51.3 Å². The Kier molecular flexibility index (Phi) is 32.4. The Labute approximate surface area is 450 Å². The van der Waals surface area contributed by atoms with Gasteiger partial charge in [0.05, 0.1) is 182 Å². The van der Waals surface area contributed by atoms with Crippen LogP contribution in [0.25, 0.3) is 0 Å². The number of piperazine rings is 1. The molecule has 0 unspecified atom stereocenters. The summed E-state index contributed by atoms with van der Waals surface area (Å²) in [5.74, 6) is 1.80. The van der Waals surface area contributed by atoms with Gasteiger partial charge >= 0.3 is 0 Å². The van der Waals surface area contributed by atoms with Crippen molar-refractivity contribution in [3.63, 3.8) is 0 Å². The topological polar surface area (TPSA) is 228 Å². The first kappa shape index (κ1) is 61.8. The summed E-state index contributed by atoms with van der Waals surface area (Å²) in [7, 11) is 0. The third-order valence-corrected chi connectivity index (χ3v) is 12.1. The minimum Gasteiger partial charge on any atom is -0.379 e. The number of benzene rings is 1. The number of nitrogens with one attached hydrogen (secondary N) is 2. The highest BCUT2D eigenvalue weighted by atomic mass is 35.5. The summed E-state index contributed by atoms with van der Waals surface area (Å²) in [6.45, 7) is 23.0. The molecule has 0 atom stereocenters. The van der Waals surface area contributed by atoms with Crippen molar-refractivity contribution in [2.24, 2.45) is 0 Å². The molecule has 0 saturated carbocycles. The molecule has 420 valence electrons. The monoisotopic (exact) mass is 1090 g/mol. The largest absolute Gasteiger partial charge is 0.379 e.